The van der Waals surface area contributed by atoms with E-state index in [0.29, 0.717) is 13.1 Å². The first-order valence-electron chi connectivity index (χ1n) is 6.14. The predicted octanol–water partition coefficient (Wildman–Crippen LogP) is 0.934. The molecule has 1 aromatic heterocycles. The normalized spacial score (nSPS) is 16.9. The molecule has 0 spiro atoms. The maximum Gasteiger partial charge on any atom is 0.260 e. The summed E-state index contributed by atoms with van der Waals surface area (Å²) in [6.07, 6.45) is 1.88. The Morgan fingerprint density at radius 2 is 2.06 bits per heavy atom. The van der Waals surface area contributed by atoms with E-state index in [-0.39, 0.29) is 23.1 Å². The van der Waals surface area contributed by atoms with Gasteiger partial charge in [-0.15, -0.1) is 0 Å². The minimum absolute atomic E-state index is 0.189. The van der Waals surface area contributed by atoms with E-state index in [4.69, 9.17) is 4.74 Å². The molecule has 98 valence electrons. The van der Waals surface area contributed by atoms with Crippen LogP contribution in [-0.2, 0) is 4.74 Å². The zero-order chi connectivity index (χ0) is 13.1. The van der Waals surface area contributed by atoms with Gasteiger partial charge >= 0.3 is 0 Å². The van der Waals surface area contributed by atoms with Gasteiger partial charge in [0.25, 0.3) is 11.5 Å². The highest BCUT2D eigenvalue weighted by Crippen LogP contribution is 2.14. The molecule has 2 rings (SSSR count). The maximum atomic E-state index is 12.2. The number of carbonyl (C=O) groups is 1. The molecule has 0 saturated carbocycles. The number of carbonyl (C=O) groups excluding carboxylic acids is 1. The van der Waals surface area contributed by atoms with Gasteiger partial charge in [-0.3, -0.25) is 9.59 Å². The van der Waals surface area contributed by atoms with Gasteiger partial charge in [0.05, 0.1) is 6.10 Å². The van der Waals surface area contributed by atoms with Crippen molar-refractivity contribution < 1.29 is 9.53 Å². The number of amides is 1. The Labute approximate surface area is 106 Å². The topological polar surface area (TPSA) is 62.4 Å². The summed E-state index contributed by atoms with van der Waals surface area (Å²) < 4.78 is 5.26. The van der Waals surface area contributed by atoms with Gasteiger partial charge in [0.2, 0.25) is 0 Å². The molecule has 1 fully saturated rings. The van der Waals surface area contributed by atoms with E-state index in [0.717, 1.165) is 18.5 Å². The van der Waals surface area contributed by atoms with Crippen LogP contribution < -0.4 is 5.56 Å². The number of methoxy groups -OCH3 is 1. The summed E-state index contributed by atoms with van der Waals surface area (Å²) in [5, 5.41) is 0. The number of piperidine rings is 1. The number of hydrogen-bond donors (Lipinski definition) is 1. The fraction of sp³-hybridized carbons (Fsp3) is 0.538. The lowest BCUT2D eigenvalue weighted by Gasteiger charge is -2.31. The van der Waals surface area contributed by atoms with E-state index < -0.39 is 0 Å². The number of H-pyrrole nitrogens is 1. The van der Waals surface area contributed by atoms with E-state index in [2.05, 4.69) is 4.98 Å². The Morgan fingerprint density at radius 1 is 1.39 bits per heavy atom. The minimum atomic E-state index is -0.311. The average Bonchev–Trinajstić information content (AvgIpc) is 2.38. The molecule has 0 atom stereocenters. The Kier molecular flexibility index (Phi) is 3.81. The summed E-state index contributed by atoms with van der Waals surface area (Å²) in [5.41, 5.74) is 0.667. The first kappa shape index (κ1) is 12.8. The van der Waals surface area contributed by atoms with E-state index in [1.54, 1.807) is 31.1 Å². The number of ether oxygens (including phenoxy) is 1. The summed E-state index contributed by atoms with van der Waals surface area (Å²) >= 11 is 0. The molecule has 1 aromatic rings. The summed E-state index contributed by atoms with van der Waals surface area (Å²) in [6.45, 7) is 3.08. The minimum Gasteiger partial charge on any atom is -0.381 e. The third-order valence-electron chi connectivity index (χ3n) is 3.35. The molecular formula is C13H18N2O3. The van der Waals surface area contributed by atoms with Crippen LogP contribution in [0.5, 0.6) is 0 Å². The monoisotopic (exact) mass is 250 g/mol. The van der Waals surface area contributed by atoms with Gasteiger partial charge in [-0.2, -0.15) is 0 Å². The van der Waals surface area contributed by atoms with Crippen LogP contribution >= 0.6 is 0 Å². The Bertz CT molecular complexity index is 487. The molecule has 1 aliphatic rings. The SMILES string of the molecule is COC1CCN(C(=O)c2ccc(C)[nH]c2=O)CC1. The maximum absolute atomic E-state index is 12.2. The molecule has 0 aliphatic carbocycles. The molecule has 1 saturated heterocycles. The van der Waals surface area contributed by atoms with Crippen molar-refractivity contribution in [1.29, 1.82) is 0 Å². The standard InChI is InChI=1S/C13H18N2O3/c1-9-3-4-11(12(16)14-9)13(17)15-7-5-10(18-2)6-8-15/h3-4,10H,5-8H2,1-2H3,(H,14,16). The first-order chi connectivity index (χ1) is 8.61. The summed E-state index contributed by atoms with van der Waals surface area (Å²) in [6, 6.07) is 3.34. The highest BCUT2D eigenvalue weighted by atomic mass is 16.5. The molecule has 0 aromatic carbocycles. The Hall–Kier alpha value is -1.62. The molecule has 0 radical (unpaired) electrons. The number of aromatic nitrogens is 1. The van der Waals surface area contributed by atoms with Crippen molar-refractivity contribution in [3.05, 3.63) is 33.7 Å². The van der Waals surface area contributed by atoms with Gasteiger partial charge in [-0.05, 0) is 31.9 Å². The van der Waals surface area contributed by atoms with E-state index in [1.165, 1.54) is 0 Å². The van der Waals surface area contributed by atoms with Crippen LogP contribution in [0.1, 0.15) is 28.9 Å². The van der Waals surface area contributed by atoms with Crippen molar-refractivity contribution in [2.75, 3.05) is 20.2 Å². The van der Waals surface area contributed by atoms with Crippen LogP contribution in [0.4, 0.5) is 0 Å². The molecule has 5 nitrogen and oxygen atoms in total. The van der Waals surface area contributed by atoms with Crippen LogP contribution in [0.3, 0.4) is 0 Å². The van der Waals surface area contributed by atoms with Crippen molar-refractivity contribution in [1.82, 2.24) is 9.88 Å². The Balaban J connectivity index is 2.10. The van der Waals surface area contributed by atoms with Gasteiger partial charge in [-0.1, -0.05) is 0 Å². The third kappa shape index (κ3) is 2.61. The van der Waals surface area contributed by atoms with Crippen molar-refractivity contribution >= 4 is 5.91 Å². The quantitative estimate of drug-likeness (QED) is 0.849. The number of nitrogens with one attached hydrogen (secondary N) is 1. The van der Waals surface area contributed by atoms with Crippen molar-refractivity contribution in [2.24, 2.45) is 0 Å². The van der Waals surface area contributed by atoms with E-state index in [9.17, 15) is 9.59 Å². The Morgan fingerprint density at radius 3 is 2.61 bits per heavy atom. The number of pyridine rings is 1. The lowest BCUT2D eigenvalue weighted by atomic mass is 10.1. The molecule has 1 N–H and O–H groups in total. The van der Waals surface area contributed by atoms with Crippen LogP contribution in [-0.4, -0.2) is 42.1 Å². The molecular weight excluding hydrogens is 232 g/mol. The molecule has 2 heterocycles. The molecule has 0 bridgehead atoms. The number of aryl methyl sites for hydroxylation is 1. The predicted molar refractivity (Wildman–Crippen MR) is 67.7 cm³/mol. The average molecular weight is 250 g/mol. The number of rotatable bonds is 2. The van der Waals surface area contributed by atoms with Crippen molar-refractivity contribution in [3.63, 3.8) is 0 Å². The largest absolute Gasteiger partial charge is 0.381 e. The summed E-state index contributed by atoms with van der Waals surface area (Å²) in [4.78, 5) is 28.3. The molecule has 18 heavy (non-hydrogen) atoms. The van der Waals surface area contributed by atoms with Gasteiger partial charge in [0, 0.05) is 25.9 Å². The van der Waals surface area contributed by atoms with Gasteiger partial charge in [-0.25, -0.2) is 0 Å². The number of hydrogen-bond acceptors (Lipinski definition) is 3. The molecule has 0 unspecified atom stereocenters. The zero-order valence-corrected chi connectivity index (χ0v) is 10.7. The fourth-order valence-electron chi connectivity index (χ4n) is 2.21. The van der Waals surface area contributed by atoms with E-state index >= 15 is 0 Å². The second kappa shape index (κ2) is 5.35. The third-order valence-corrected chi connectivity index (χ3v) is 3.35. The van der Waals surface area contributed by atoms with Gasteiger partial charge in [0.1, 0.15) is 5.56 Å². The summed E-state index contributed by atoms with van der Waals surface area (Å²) in [7, 11) is 1.69. The summed E-state index contributed by atoms with van der Waals surface area (Å²) in [5.74, 6) is -0.189. The van der Waals surface area contributed by atoms with Crippen LogP contribution in [0.25, 0.3) is 0 Å². The highest BCUT2D eigenvalue weighted by molar-refractivity contribution is 5.93. The smallest absolute Gasteiger partial charge is 0.260 e. The van der Waals surface area contributed by atoms with E-state index in [1.807, 2.05) is 0 Å². The second-order valence-electron chi connectivity index (χ2n) is 4.61. The number of aromatic amines is 1. The zero-order valence-electron chi connectivity index (χ0n) is 10.7. The second-order valence-corrected chi connectivity index (χ2v) is 4.61. The van der Waals surface area contributed by atoms with Crippen LogP contribution in [0.2, 0.25) is 0 Å². The molecule has 5 heteroatoms. The van der Waals surface area contributed by atoms with Crippen molar-refractivity contribution in [3.8, 4) is 0 Å². The molecule has 1 amide bonds. The van der Waals surface area contributed by atoms with Crippen LogP contribution in [0.15, 0.2) is 16.9 Å². The van der Waals surface area contributed by atoms with Gasteiger partial charge in [0.15, 0.2) is 0 Å². The molecule has 1 aliphatic heterocycles. The fourth-order valence-corrected chi connectivity index (χ4v) is 2.21. The first-order valence-corrected chi connectivity index (χ1v) is 6.14. The number of likely N-dealkylation sites (tertiary alicyclic amines) is 1. The van der Waals surface area contributed by atoms with Crippen LogP contribution in [0, 0.1) is 6.92 Å². The lowest BCUT2D eigenvalue weighted by molar-refractivity contribution is 0.0350. The van der Waals surface area contributed by atoms with Crippen molar-refractivity contribution in [2.45, 2.75) is 25.9 Å². The lowest BCUT2D eigenvalue weighted by Crippen LogP contribution is -2.42. The van der Waals surface area contributed by atoms with Gasteiger partial charge < -0.3 is 14.6 Å². The number of nitrogens with zero attached hydrogens (tertiary/aromatic N) is 1. The highest BCUT2D eigenvalue weighted by Gasteiger charge is 2.24.